The van der Waals surface area contributed by atoms with Crippen molar-refractivity contribution in [1.82, 2.24) is 0 Å². The maximum Gasteiger partial charge on any atom is 0.237 e. The molecule has 1 aromatic carbocycles. The molecule has 0 atom stereocenters. The minimum atomic E-state index is -0.242. The van der Waals surface area contributed by atoms with Gasteiger partial charge >= 0.3 is 0 Å². The third-order valence-electron chi connectivity index (χ3n) is 2.20. The average Bonchev–Trinajstić information content (AvgIpc) is 2.39. The molecule has 92 valence electrons. The number of ether oxygens (including phenoxy) is 1. The van der Waals surface area contributed by atoms with E-state index in [1.54, 1.807) is 25.3 Å². The molecule has 6 heteroatoms. The van der Waals surface area contributed by atoms with Crippen molar-refractivity contribution in [1.29, 1.82) is 10.5 Å². The Kier molecular flexibility index (Phi) is 4.53. The third kappa shape index (κ3) is 3.13. The summed E-state index contributed by atoms with van der Waals surface area (Å²) in [6.45, 7) is 0. The molecular weight excluding hydrogens is 230 g/mol. The number of nitrogens with zero attached hydrogens (tertiary/aromatic N) is 4. The highest BCUT2D eigenvalue weighted by Gasteiger charge is 2.05. The van der Waals surface area contributed by atoms with E-state index < -0.39 is 0 Å². The molecule has 0 aliphatic heterocycles. The number of rotatable bonds is 4. The normalized spacial score (nSPS) is 8.72. The lowest BCUT2D eigenvalue weighted by Crippen LogP contribution is -2.09. The summed E-state index contributed by atoms with van der Waals surface area (Å²) >= 11 is 0. The summed E-state index contributed by atoms with van der Waals surface area (Å²) in [5, 5.41) is 20.8. The van der Waals surface area contributed by atoms with E-state index in [1.165, 1.54) is 0 Å². The molecule has 0 heterocycles. The van der Waals surface area contributed by atoms with Gasteiger partial charge in [0.2, 0.25) is 5.71 Å². The van der Waals surface area contributed by atoms with E-state index in [0.717, 1.165) is 5.69 Å². The summed E-state index contributed by atoms with van der Waals surface area (Å²) in [7, 11) is 5.38. The van der Waals surface area contributed by atoms with Gasteiger partial charge in [0.15, 0.2) is 0 Å². The van der Waals surface area contributed by atoms with Gasteiger partial charge in [0.25, 0.3) is 0 Å². The number of benzene rings is 1. The molecule has 0 saturated heterocycles. The molecule has 1 rings (SSSR count). The predicted molar refractivity (Wildman–Crippen MR) is 69.6 cm³/mol. The van der Waals surface area contributed by atoms with Gasteiger partial charge in [-0.15, -0.1) is 0 Å². The fraction of sp³-hybridized carbons (Fsp3) is 0.250. The lowest BCUT2D eigenvalue weighted by atomic mass is 10.2. The Bertz CT molecular complexity index is 520. The summed E-state index contributed by atoms with van der Waals surface area (Å²) in [4.78, 5) is 1.94. The second-order valence-corrected chi connectivity index (χ2v) is 3.57. The minimum absolute atomic E-state index is 0.242. The maximum absolute atomic E-state index is 8.57. The Hall–Kier alpha value is -2.73. The van der Waals surface area contributed by atoms with Crippen molar-refractivity contribution in [2.24, 2.45) is 5.10 Å². The van der Waals surface area contributed by atoms with Crippen LogP contribution in [-0.2, 0) is 0 Å². The van der Waals surface area contributed by atoms with Crippen molar-refractivity contribution >= 4 is 17.1 Å². The van der Waals surface area contributed by atoms with Crippen LogP contribution >= 0.6 is 0 Å². The zero-order valence-electron chi connectivity index (χ0n) is 10.4. The number of hydrogen-bond donors (Lipinski definition) is 1. The molecule has 0 amide bonds. The molecule has 0 aromatic heterocycles. The first-order valence-electron chi connectivity index (χ1n) is 5.11. The van der Waals surface area contributed by atoms with Crippen molar-refractivity contribution in [3.05, 3.63) is 18.2 Å². The van der Waals surface area contributed by atoms with Gasteiger partial charge in [-0.05, 0) is 12.1 Å². The zero-order valence-corrected chi connectivity index (χ0v) is 10.4. The summed E-state index contributed by atoms with van der Waals surface area (Å²) < 4.78 is 5.21. The van der Waals surface area contributed by atoms with Crippen molar-refractivity contribution < 1.29 is 4.74 Å². The highest BCUT2D eigenvalue weighted by Crippen LogP contribution is 2.28. The van der Waals surface area contributed by atoms with Crippen LogP contribution in [0.5, 0.6) is 5.75 Å². The van der Waals surface area contributed by atoms with Crippen molar-refractivity contribution in [3.63, 3.8) is 0 Å². The van der Waals surface area contributed by atoms with Crippen LogP contribution in [0.25, 0.3) is 0 Å². The molecule has 0 saturated carbocycles. The molecule has 0 aliphatic rings. The Morgan fingerprint density at radius 2 is 2.00 bits per heavy atom. The number of hydrogen-bond acceptors (Lipinski definition) is 6. The lowest BCUT2D eigenvalue weighted by molar-refractivity contribution is 0.416. The van der Waals surface area contributed by atoms with Crippen molar-refractivity contribution in [2.45, 2.75) is 0 Å². The predicted octanol–water partition coefficient (Wildman–Crippen LogP) is 1.58. The van der Waals surface area contributed by atoms with Gasteiger partial charge in [-0.3, -0.25) is 5.43 Å². The molecule has 1 aromatic rings. The van der Waals surface area contributed by atoms with Crippen LogP contribution in [0.2, 0.25) is 0 Å². The van der Waals surface area contributed by atoms with E-state index in [1.807, 2.05) is 31.1 Å². The van der Waals surface area contributed by atoms with Crippen LogP contribution in [0.15, 0.2) is 23.3 Å². The van der Waals surface area contributed by atoms with Gasteiger partial charge in [-0.25, -0.2) is 0 Å². The Labute approximate surface area is 106 Å². The fourth-order valence-electron chi connectivity index (χ4n) is 1.24. The number of nitriles is 2. The summed E-state index contributed by atoms with van der Waals surface area (Å²) in [6, 6.07) is 8.80. The first-order chi connectivity index (χ1) is 8.62. The maximum atomic E-state index is 8.57. The van der Waals surface area contributed by atoms with E-state index in [2.05, 4.69) is 10.5 Å². The second kappa shape index (κ2) is 6.12. The Balaban J connectivity index is 3.01. The first-order valence-corrected chi connectivity index (χ1v) is 5.11. The minimum Gasteiger partial charge on any atom is -0.494 e. The third-order valence-corrected chi connectivity index (χ3v) is 2.20. The second-order valence-electron chi connectivity index (χ2n) is 3.57. The molecule has 18 heavy (non-hydrogen) atoms. The molecule has 0 bridgehead atoms. The quantitative estimate of drug-likeness (QED) is 0.641. The van der Waals surface area contributed by atoms with Crippen LogP contribution in [0.3, 0.4) is 0 Å². The van der Waals surface area contributed by atoms with Crippen LogP contribution in [0, 0.1) is 22.7 Å². The summed E-state index contributed by atoms with van der Waals surface area (Å²) in [6.07, 6.45) is 0. The lowest BCUT2D eigenvalue weighted by Gasteiger charge is -2.15. The first kappa shape index (κ1) is 13.3. The molecular formula is C12H13N5O. The average molecular weight is 243 g/mol. The van der Waals surface area contributed by atoms with E-state index in [-0.39, 0.29) is 5.71 Å². The van der Waals surface area contributed by atoms with E-state index in [9.17, 15) is 0 Å². The van der Waals surface area contributed by atoms with Gasteiger partial charge in [-0.1, -0.05) is 0 Å². The van der Waals surface area contributed by atoms with E-state index >= 15 is 0 Å². The van der Waals surface area contributed by atoms with Gasteiger partial charge in [0, 0.05) is 25.8 Å². The van der Waals surface area contributed by atoms with E-state index in [0.29, 0.717) is 11.4 Å². The summed E-state index contributed by atoms with van der Waals surface area (Å²) in [5.41, 5.74) is 3.95. The van der Waals surface area contributed by atoms with Gasteiger partial charge in [0.1, 0.15) is 17.9 Å². The molecule has 0 fully saturated rings. The zero-order chi connectivity index (χ0) is 13.5. The molecule has 1 N–H and O–H groups in total. The van der Waals surface area contributed by atoms with Crippen LogP contribution in [0.4, 0.5) is 11.4 Å². The van der Waals surface area contributed by atoms with Crippen molar-refractivity contribution in [3.8, 4) is 17.9 Å². The van der Waals surface area contributed by atoms with Gasteiger partial charge < -0.3 is 9.64 Å². The topological polar surface area (TPSA) is 84.4 Å². The number of methoxy groups -OCH3 is 1. The van der Waals surface area contributed by atoms with Crippen LogP contribution < -0.4 is 15.1 Å². The van der Waals surface area contributed by atoms with E-state index in [4.69, 9.17) is 15.3 Å². The van der Waals surface area contributed by atoms with Crippen LogP contribution in [-0.4, -0.2) is 26.9 Å². The highest BCUT2D eigenvalue weighted by atomic mass is 16.5. The van der Waals surface area contributed by atoms with Crippen molar-refractivity contribution in [2.75, 3.05) is 31.5 Å². The SMILES string of the molecule is COc1cc(N(C)C)ccc1NN=C(C#N)C#N. The number of hydrazone groups is 1. The van der Waals surface area contributed by atoms with Gasteiger partial charge in [-0.2, -0.15) is 15.6 Å². The monoisotopic (exact) mass is 243 g/mol. The Morgan fingerprint density at radius 3 is 2.50 bits per heavy atom. The number of nitrogens with one attached hydrogen (secondary N) is 1. The smallest absolute Gasteiger partial charge is 0.237 e. The fourth-order valence-corrected chi connectivity index (χ4v) is 1.24. The highest BCUT2D eigenvalue weighted by molar-refractivity contribution is 6.10. The molecule has 0 aliphatic carbocycles. The molecule has 0 unspecified atom stereocenters. The van der Waals surface area contributed by atoms with Crippen LogP contribution in [0.1, 0.15) is 0 Å². The standard InChI is InChI=1S/C12H13N5O/c1-17(2)10-4-5-11(12(6-10)18-3)16-15-9(7-13)8-14/h4-6,16H,1-3H3. The molecule has 0 radical (unpaired) electrons. The van der Waals surface area contributed by atoms with Gasteiger partial charge in [0.05, 0.1) is 12.8 Å². The Morgan fingerprint density at radius 1 is 1.33 bits per heavy atom. The largest absolute Gasteiger partial charge is 0.494 e. The molecule has 0 spiro atoms. The molecule has 6 nitrogen and oxygen atoms in total. The summed E-state index contributed by atoms with van der Waals surface area (Å²) in [5.74, 6) is 0.583. The number of anilines is 2.